The first kappa shape index (κ1) is 21.7. The summed E-state index contributed by atoms with van der Waals surface area (Å²) >= 11 is 1.45. The van der Waals surface area contributed by atoms with Crippen molar-refractivity contribution in [2.75, 3.05) is 0 Å². The summed E-state index contributed by atoms with van der Waals surface area (Å²) in [5, 5.41) is 1.89. The molecule has 4 aromatic rings. The molecule has 3 N–H and O–H groups in total. The average molecular weight is 470 g/mol. The zero-order chi connectivity index (χ0) is 22.6. The Morgan fingerprint density at radius 1 is 1.03 bits per heavy atom. The predicted octanol–water partition coefficient (Wildman–Crippen LogP) is 1.88. The second-order valence-corrected chi connectivity index (χ2v) is 9.48. The van der Waals surface area contributed by atoms with E-state index in [1.54, 1.807) is 6.20 Å². The van der Waals surface area contributed by atoms with Crippen molar-refractivity contribution in [3.8, 4) is 0 Å². The molecule has 0 atom stereocenters. The van der Waals surface area contributed by atoms with Crippen LogP contribution in [0.1, 0.15) is 21.6 Å². The first-order chi connectivity index (χ1) is 15.4. The zero-order valence-electron chi connectivity index (χ0n) is 16.7. The maximum absolute atomic E-state index is 12.6. The third kappa shape index (κ3) is 5.19. The molecule has 4 rings (SSSR count). The van der Waals surface area contributed by atoms with Crippen LogP contribution in [0.5, 0.6) is 0 Å². The Morgan fingerprint density at radius 2 is 1.84 bits per heavy atom. The van der Waals surface area contributed by atoms with Gasteiger partial charge in [-0.05, 0) is 23.8 Å². The van der Waals surface area contributed by atoms with Gasteiger partial charge in [0.05, 0.1) is 17.0 Å². The number of nitrogens with zero attached hydrogens (tertiary/aromatic N) is 2. The van der Waals surface area contributed by atoms with Gasteiger partial charge in [0.25, 0.3) is 5.91 Å². The van der Waals surface area contributed by atoms with Crippen LogP contribution in [-0.2, 0) is 27.8 Å². The minimum absolute atomic E-state index is 0.00744. The van der Waals surface area contributed by atoms with Gasteiger partial charge in [-0.1, -0.05) is 36.4 Å². The number of hydrazine groups is 1. The maximum atomic E-state index is 12.6. The van der Waals surface area contributed by atoms with Crippen LogP contribution in [0.4, 0.5) is 0 Å². The SMILES string of the molecule is O=C(Cc1cn2ccsc2n1)NNC(=O)c1cccc(S(=O)(=O)NCc2ccccc2)c1. The van der Waals surface area contributed by atoms with Crippen LogP contribution in [0.2, 0.25) is 0 Å². The Kier molecular flexibility index (Phi) is 6.30. The van der Waals surface area contributed by atoms with Crippen LogP contribution in [0.3, 0.4) is 0 Å². The van der Waals surface area contributed by atoms with Crippen molar-refractivity contribution in [1.29, 1.82) is 0 Å². The number of thiazole rings is 1. The summed E-state index contributed by atoms with van der Waals surface area (Å²) in [4.78, 5) is 29.5. The number of carbonyl (C=O) groups is 2. The van der Waals surface area contributed by atoms with E-state index in [2.05, 4.69) is 20.6 Å². The molecule has 0 radical (unpaired) electrons. The third-order valence-electron chi connectivity index (χ3n) is 4.52. The highest BCUT2D eigenvalue weighted by atomic mass is 32.2. The number of benzene rings is 2. The number of imidazole rings is 1. The number of hydrogen-bond donors (Lipinski definition) is 3. The molecule has 0 saturated carbocycles. The number of amides is 2. The van der Waals surface area contributed by atoms with Crippen molar-refractivity contribution in [3.63, 3.8) is 0 Å². The highest BCUT2D eigenvalue weighted by Crippen LogP contribution is 2.13. The van der Waals surface area contributed by atoms with Gasteiger partial charge < -0.3 is 0 Å². The molecule has 0 aliphatic rings. The average Bonchev–Trinajstić information content (AvgIpc) is 3.39. The number of aromatic nitrogens is 2. The lowest BCUT2D eigenvalue weighted by atomic mass is 10.2. The number of nitrogens with one attached hydrogen (secondary N) is 3. The zero-order valence-corrected chi connectivity index (χ0v) is 18.3. The van der Waals surface area contributed by atoms with E-state index in [1.807, 2.05) is 46.3 Å². The topological polar surface area (TPSA) is 122 Å². The highest BCUT2D eigenvalue weighted by molar-refractivity contribution is 7.89. The summed E-state index contributed by atoms with van der Waals surface area (Å²) in [7, 11) is -3.82. The number of rotatable bonds is 7. The predicted molar refractivity (Wildman–Crippen MR) is 119 cm³/mol. The van der Waals surface area contributed by atoms with Gasteiger partial charge in [-0.25, -0.2) is 18.1 Å². The van der Waals surface area contributed by atoms with Gasteiger partial charge in [-0.2, -0.15) is 0 Å². The second kappa shape index (κ2) is 9.30. The van der Waals surface area contributed by atoms with Gasteiger partial charge >= 0.3 is 0 Å². The molecule has 0 aliphatic heterocycles. The largest absolute Gasteiger partial charge is 0.297 e. The van der Waals surface area contributed by atoms with Crippen molar-refractivity contribution >= 4 is 38.1 Å². The lowest BCUT2D eigenvalue weighted by molar-refractivity contribution is -0.121. The highest BCUT2D eigenvalue weighted by Gasteiger charge is 2.17. The molecule has 2 amide bonds. The van der Waals surface area contributed by atoms with Gasteiger partial charge in [-0.3, -0.25) is 24.8 Å². The lowest BCUT2D eigenvalue weighted by Gasteiger charge is -2.10. The van der Waals surface area contributed by atoms with E-state index in [0.717, 1.165) is 10.5 Å². The Morgan fingerprint density at radius 3 is 2.62 bits per heavy atom. The summed E-state index contributed by atoms with van der Waals surface area (Å²) in [6.45, 7) is 0.126. The van der Waals surface area contributed by atoms with Crippen LogP contribution in [0.25, 0.3) is 4.96 Å². The fourth-order valence-corrected chi connectivity index (χ4v) is 4.71. The fourth-order valence-electron chi connectivity index (χ4n) is 2.93. The molecule has 0 aliphatic carbocycles. The Hall–Kier alpha value is -3.54. The van der Waals surface area contributed by atoms with Crippen molar-refractivity contribution in [1.82, 2.24) is 25.0 Å². The van der Waals surface area contributed by atoms with Gasteiger partial charge in [0.15, 0.2) is 4.96 Å². The molecule has 0 unspecified atom stereocenters. The van der Waals surface area contributed by atoms with E-state index in [9.17, 15) is 18.0 Å². The van der Waals surface area contributed by atoms with Crippen LogP contribution in [0.15, 0.2) is 77.3 Å². The Labute approximate surface area is 188 Å². The summed E-state index contributed by atoms with van der Waals surface area (Å²) in [5.74, 6) is -1.08. The summed E-state index contributed by atoms with van der Waals surface area (Å²) in [6, 6.07) is 14.7. The van der Waals surface area contributed by atoms with Gasteiger partial charge in [0.1, 0.15) is 0 Å². The Bertz CT molecular complexity index is 1330. The number of hydrogen-bond acceptors (Lipinski definition) is 6. The standard InChI is InChI=1S/C21H19N5O4S2/c27-19(12-17-14-26-9-10-31-21(26)23-17)24-25-20(28)16-7-4-8-18(11-16)32(29,30)22-13-15-5-2-1-3-6-15/h1-11,14,22H,12-13H2,(H,24,27)(H,25,28). The molecular weight excluding hydrogens is 450 g/mol. The molecule has 2 aromatic heterocycles. The first-order valence-electron chi connectivity index (χ1n) is 9.55. The molecule has 2 heterocycles. The number of sulfonamides is 1. The van der Waals surface area contributed by atoms with E-state index in [4.69, 9.17) is 0 Å². The second-order valence-electron chi connectivity index (χ2n) is 6.84. The third-order valence-corrected chi connectivity index (χ3v) is 6.69. The molecule has 2 aromatic carbocycles. The molecule has 164 valence electrons. The Balaban J connectivity index is 1.34. The molecule has 11 heteroatoms. The van der Waals surface area contributed by atoms with Crippen LogP contribution < -0.4 is 15.6 Å². The van der Waals surface area contributed by atoms with E-state index in [0.29, 0.717) is 5.69 Å². The molecule has 0 fully saturated rings. The van der Waals surface area contributed by atoms with Gasteiger partial charge in [0.2, 0.25) is 15.9 Å². The molecule has 32 heavy (non-hydrogen) atoms. The van der Waals surface area contributed by atoms with E-state index < -0.39 is 21.8 Å². The molecule has 0 saturated heterocycles. The van der Waals surface area contributed by atoms with Gasteiger partial charge in [-0.15, -0.1) is 11.3 Å². The van der Waals surface area contributed by atoms with Crippen LogP contribution in [0, 0.1) is 0 Å². The number of carbonyl (C=O) groups excluding carboxylic acids is 2. The van der Waals surface area contributed by atoms with E-state index >= 15 is 0 Å². The quantitative estimate of drug-likeness (QED) is 0.357. The van der Waals surface area contributed by atoms with Crippen molar-refractivity contribution in [2.45, 2.75) is 17.9 Å². The summed E-state index contributed by atoms with van der Waals surface area (Å²) < 4.78 is 29.5. The molecule has 0 spiro atoms. The lowest BCUT2D eigenvalue weighted by Crippen LogP contribution is -2.42. The monoisotopic (exact) mass is 469 g/mol. The smallest absolute Gasteiger partial charge is 0.269 e. The minimum atomic E-state index is -3.82. The molecule has 0 bridgehead atoms. The van der Waals surface area contributed by atoms with Crippen LogP contribution >= 0.6 is 11.3 Å². The fraction of sp³-hybridized carbons (Fsp3) is 0.0952. The normalized spacial score (nSPS) is 11.4. The van der Waals surface area contributed by atoms with Crippen molar-refractivity contribution in [3.05, 3.63) is 89.2 Å². The van der Waals surface area contributed by atoms with E-state index in [-0.39, 0.29) is 23.4 Å². The minimum Gasteiger partial charge on any atom is -0.297 e. The number of fused-ring (bicyclic) bond motifs is 1. The summed E-state index contributed by atoms with van der Waals surface area (Å²) in [5.41, 5.74) is 6.09. The maximum Gasteiger partial charge on any atom is 0.269 e. The van der Waals surface area contributed by atoms with Crippen molar-refractivity contribution < 1.29 is 18.0 Å². The van der Waals surface area contributed by atoms with Gasteiger partial charge in [0, 0.05) is 29.9 Å². The summed E-state index contributed by atoms with van der Waals surface area (Å²) in [6.07, 6.45) is 3.57. The molecule has 9 nitrogen and oxygen atoms in total. The van der Waals surface area contributed by atoms with Crippen LogP contribution in [-0.4, -0.2) is 29.6 Å². The first-order valence-corrected chi connectivity index (χ1v) is 11.9. The van der Waals surface area contributed by atoms with E-state index in [1.165, 1.54) is 35.6 Å². The molecular formula is C21H19N5O4S2. The van der Waals surface area contributed by atoms with Crippen molar-refractivity contribution in [2.24, 2.45) is 0 Å².